The molecular weight excluding hydrogens is 366 g/mol. The molecule has 1 fully saturated rings. The van der Waals surface area contributed by atoms with Gasteiger partial charge in [-0.25, -0.2) is 4.68 Å². The monoisotopic (exact) mass is 391 g/mol. The van der Waals surface area contributed by atoms with Gasteiger partial charge in [0, 0.05) is 75.7 Å². The van der Waals surface area contributed by atoms with Crippen LogP contribution in [0.25, 0.3) is 11.3 Å². The maximum absolute atomic E-state index is 12.2. The quantitative estimate of drug-likeness (QED) is 0.625. The van der Waals surface area contributed by atoms with Crippen LogP contribution in [0.5, 0.6) is 0 Å². The number of hydrogen-bond donors (Lipinski definition) is 0. The third-order valence-corrected chi connectivity index (χ3v) is 5.13. The molecule has 0 N–H and O–H groups in total. The fourth-order valence-electron chi connectivity index (χ4n) is 3.51. The Balaban J connectivity index is 1.31. The summed E-state index contributed by atoms with van der Waals surface area (Å²) in [7, 11) is 0. The summed E-state index contributed by atoms with van der Waals surface area (Å²) in [6.45, 7) is 8.09. The Morgan fingerprint density at radius 2 is 1.66 bits per heavy atom. The van der Waals surface area contributed by atoms with Crippen LogP contribution < -0.4 is 5.56 Å². The van der Waals surface area contributed by atoms with E-state index in [0.29, 0.717) is 6.54 Å². The first-order valence-electron chi connectivity index (χ1n) is 9.88. The Morgan fingerprint density at radius 3 is 2.41 bits per heavy atom. The third-order valence-electron chi connectivity index (χ3n) is 5.13. The van der Waals surface area contributed by atoms with Crippen LogP contribution >= 0.6 is 0 Å². The summed E-state index contributed by atoms with van der Waals surface area (Å²) >= 11 is 0. The smallest absolute Gasteiger partial charge is 0.266 e. The molecule has 8 heteroatoms. The highest BCUT2D eigenvalue weighted by Crippen LogP contribution is 2.13. The van der Waals surface area contributed by atoms with Gasteiger partial charge in [0.2, 0.25) is 0 Å². The third kappa shape index (κ3) is 5.10. The van der Waals surface area contributed by atoms with Crippen molar-refractivity contribution in [1.82, 2.24) is 34.5 Å². The fourth-order valence-corrected chi connectivity index (χ4v) is 3.51. The van der Waals surface area contributed by atoms with Crippen molar-refractivity contribution in [2.75, 3.05) is 32.7 Å². The molecule has 8 nitrogen and oxygen atoms in total. The van der Waals surface area contributed by atoms with Crippen LogP contribution in [0.15, 0.2) is 53.8 Å². The molecule has 0 aliphatic carbocycles. The van der Waals surface area contributed by atoms with Crippen molar-refractivity contribution in [3.63, 3.8) is 0 Å². The highest BCUT2D eigenvalue weighted by atomic mass is 16.1. The van der Waals surface area contributed by atoms with Crippen LogP contribution in [0, 0.1) is 6.92 Å². The van der Waals surface area contributed by atoms with Gasteiger partial charge in [-0.15, -0.1) is 0 Å². The lowest BCUT2D eigenvalue weighted by molar-refractivity contribution is 0.121. The van der Waals surface area contributed by atoms with Gasteiger partial charge in [0.1, 0.15) is 0 Å². The normalized spacial score (nSPS) is 15.5. The highest BCUT2D eigenvalue weighted by molar-refractivity contribution is 5.56. The van der Waals surface area contributed by atoms with Crippen molar-refractivity contribution in [2.24, 2.45) is 0 Å². The molecule has 0 amide bonds. The van der Waals surface area contributed by atoms with Crippen molar-refractivity contribution in [2.45, 2.75) is 20.0 Å². The average molecular weight is 391 g/mol. The second-order valence-electron chi connectivity index (χ2n) is 7.29. The van der Waals surface area contributed by atoms with Gasteiger partial charge in [-0.2, -0.15) is 5.10 Å². The zero-order valence-corrected chi connectivity index (χ0v) is 16.6. The standard InChI is InChI=1S/C21H25N7O/c1-17-14-23-15-19(24-17)16-27-10-8-26(9-11-27)12-13-28-21(29)3-2-20(25-28)18-4-6-22-7-5-18/h2-7,14-15H,8-13,16H2,1H3. The van der Waals surface area contributed by atoms with E-state index >= 15 is 0 Å². The van der Waals surface area contributed by atoms with Crippen molar-refractivity contribution < 1.29 is 0 Å². The molecule has 150 valence electrons. The summed E-state index contributed by atoms with van der Waals surface area (Å²) in [5.41, 5.74) is 3.65. The van der Waals surface area contributed by atoms with Crippen LogP contribution in [0.3, 0.4) is 0 Å². The SMILES string of the molecule is Cc1cncc(CN2CCN(CCn3nc(-c4ccncc4)ccc3=O)CC2)n1. The van der Waals surface area contributed by atoms with Gasteiger partial charge in [0.15, 0.2) is 0 Å². The molecule has 1 saturated heterocycles. The first-order valence-corrected chi connectivity index (χ1v) is 9.88. The molecule has 4 heterocycles. The lowest BCUT2D eigenvalue weighted by atomic mass is 10.2. The van der Waals surface area contributed by atoms with E-state index in [9.17, 15) is 4.79 Å². The predicted molar refractivity (Wildman–Crippen MR) is 110 cm³/mol. The lowest BCUT2D eigenvalue weighted by Crippen LogP contribution is -2.47. The van der Waals surface area contributed by atoms with Crippen LogP contribution in [0.1, 0.15) is 11.4 Å². The average Bonchev–Trinajstić information content (AvgIpc) is 2.75. The molecule has 3 aromatic rings. The van der Waals surface area contributed by atoms with Gasteiger partial charge >= 0.3 is 0 Å². The minimum Gasteiger partial charge on any atom is -0.299 e. The van der Waals surface area contributed by atoms with Crippen LogP contribution in [-0.2, 0) is 13.1 Å². The number of hydrogen-bond acceptors (Lipinski definition) is 7. The molecule has 29 heavy (non-hydrogen) atoms. The van der Waals surface area contributed by atoms with E-state index in [-0.39, 0.29) is 5.56 Å². The Labute approximate surface area is 169 Å². The van der Waals surface area contributed by atoms with E-state index in [4.69, 9.17) is 0 Å². The molecule has 1 aliphatic heterocycles. The fraction of sp³-hybridized carbons (Fsp3) is 0.381. The molecule has 0 saturated carbocycles. The number of aromatic nitrogens is 5. The van der Waals surface area contributed by atoms with Gasteiger partial charge in [-0.1, -0.05) is 0 Å². The highest BCUT2D eigenvalue weighted by Gasteiger charge is 2.17. The summed E-state index contributed by atoms with van der Waals surface area (Å²) in [5.74, 6) is 0. The Bertz CT molecular complexity index is 997. The minimum atomic E-state index is -0.0699. The van der Waals surface area contributed by atoms with Crippen molar-refractivity contribution in [3.8, 4) is 11.3 Å². The summed E-state index contributed by atoms with van der Waals surface area (Å²) in [5, 5.41) is 4.53. The maximum atomic E-state index is 12.2. The van der Waals surface area contributed by atoms with E-state index in [1.165, 1.54) is 0 Å². The van der Waals surface area contributed by atoms with Crippen LogP contribution in [0.4, 0.5) is 0 Å². The molecule has 0 atom stereocenters. The summed E-state index contributed by atoms with van der Waals surface area (Å²) in [6, 6.07) is 7.15. The first kappa shape index (κ1) is 19.4. The molecule has 1 aliphatic rings. The second-order valence-corrected chi connectivity index (χ2v) is 7.29. The Kier molecular flexibility index (Phi) is 6.02. The summed E-state index contributed by atoms with van der Waals surface area (Å²) in [6.07, 6.45) is 7.08. The molecule has 0 radical (unpaired) electrons. The number of nitrogens with zero attached hydrogens (tertiary/aromatic N) is 7. The summed E-state index contributed by atoms with van der Waals surface area (Å²) in [4.78, 5) is 29.8. The van der Waals surface area contributed by atoms with E-state index in [2.05, 4.69) is 29.9 Å². The van der Waals surface area contributed by atoms with Crippen LogP contribution in [0.2, 0.25) is 0 Å². The topological polar surface area (TPSA) is 80.0 Å². The predicted octanol–water partition coefficient (Wildman–Crippen LogP) is 1.22. The van der Waals surface area contributed by atoms with E-state index in [1.54, 1.807) is 35.4 Å². The molecule has 0 unspecified atom stereocenters. The molecule has 3 aromatic heterocycles. The van der Waals surface area contributed by atoms with Crippen molar-refractivity contribution in [3.05, 3.63) is 70.8 Å². The molecule has 0 spiro atoms. The van der Waals surface area contributed by atoms with Gasteiger partial charge in [0.25, 0.3) is 5.56 Å². The zero-order chi connectivity index (χ0) is 20.1. The zero-order valence-electron chi connectivity index (χ0n) is 16.6. The van der Waals surface area contributed by atoms with E-state index < -0.39 is 0 Å². The first-order chi connectivity index (χ1) is 14.2. The Morgan fingerprint density at radius 1 is 0.897 bits per heavy atom. The van der Waals surface area contributed by atoms with Gasteiger partial charge in [-0.3, -0.25) is 29.5 Å². The largest absolute Gasteiger partial charge is 0.299 e. The molecular formula is C21H25N7O. The van der Waals surface area contributed by atoms with Crippen molar-refractivity contribution >= 4 is 0 Å². The Hall–Kier alpha value is -2.97. The van der Waals surface area contributed by atoms with E-state index in [1.807, 2.05) is 25.3 Å². The lowest BCUT2D eigenvalue weighted by Gasteiger charge is -2.34. The second kappa shape index (κ2) is 9.02. The van der Waals surface area contributed by atoms with Gasteiger partial charge in [0.05, 0.1) is 23.6 Å². The van der Waals surface area contributed by atoms with Gasteiger partial charge in [-0.05, 0) is 25.1 Å². The number of aryl methyl sites for hydroxylation is 1. The number of rotatable bonds is 6. The van der Waals surface area contributed by atoms with Crippen LogP contribution in [-0.4, -0.2) is 67.3 Å². The molecule has 0 aromatic carbocycles. The molecule has 0 bridgehead atoms. The number of piperazine rings is 1. The molecule has 4 rings (SSSR count). The summed E-state index contributed by atoms with van der Waals surface area (Å²) < 4.78 is 1.56. The maximum Gasteiger partial charge on any atom is 0.266 e. The number of pyridine rings is 1. The minimum absolute atomic E-state index is 0.0699. The van der Waals surface area contributed by atoms with Crippen molar-refractivity contribution in [1.29, 1.82) is 0 Å². The van der Waals surface area contributed by atoms with E-state index in [0.717, 1.165) is 61.9 Å². The van der Waals surface area contributed by atoms with Gasteiger partial charge < -0.3 is 0 Å².